The van der Waals surface area contributed by atoms with Gasteiger partial charge in [0.1, 0.15) is 17.3 Å². The molecule has 192 valence electrons. The maximum atomic E-state index is 15.0. The van der Waals surface area contributed by atoms with Gasteiger partial charge in [0.2, 0.25) is 0 Å². The first-order valence-electron chi connectivity index (χ1n) is 11.7. The molecule has 1 aromatic heterocycles. The normalized spacial score (nSPS) is 16.8. The fourth-order valence-electron chi connectivity index (χ4n) is 4.76. The first-order chi connectivity index (χ1) is 18.3. The number of halogens is 1. The van der Waals surface area contributed by atoms with E-state index in [1.807, 2.05) is 18.2 Å². The van der Waals surface area contributed by atoms with Gasteiger partial charge < -0.3 is 19.7 Å². The second kappa shape index (κ2) is 9.81. The van der Waals surface area contributed by atoms with Crippen LogP contribution in [0.4, 0.5) is 10.1 Å². The molecule has 0 aliphatic carbocycles. The average Bonchev–Trinajstić information content (AvgIpc) is 3.44. The minimum atomic E-state index is -1.19. The van der Waals surface area contributed by atoms with Crippen LogP contribution in [-0.4, -0.2) is 45.3 Å². The second-order valence-electron chi connectivity index (χ2n) is 8.79. The van der Waals surface area contributed by atoms with Crippen LogP contribution in [0.2, 0.25) is 0 Å². The smallest absolute Gasteiger partial charge is 0.295 e. The van der Waals surface area contributed by atoms with E-state index in [9.17, 15) is 24.8 Å². The molecule has 38 heavy (non-hydrogen) atoms. The molecule has 9 nitrogen and oxygen atoms in total. The fraction of sp³-hybridized carbons (Fsp3) is 0.143. The predicted octanol–water partition coefficient (Wildman–Crippen LogP) is 4.89. The number of aliphatic hydroxyl groups excluding tert-OH is 1. The Bertz CT molecular complexity index is 1610. The van der Waals surface area contributed by atoms with Crippen molar-refractivity contribution in [2.75, 3.05) is 13.7 Å². The number of amides is 1. The minimum Gasteiger partial charge on any atom is -0.507 e. The van der Waals surface area contributed by atoms with Crippen molar-refractivity contribution >= 4 is 34.0 Å². The number of hydrogen-bond acceptors (Lipinski definition) is 6. The zero-order valence-electron chi connectivity index (χ0n) is 20.2. The van der Waals surface area contributed by atoms with Gasteiger partial charge in [0.25, 0.3) is 17.4 Å². The Hall–Kier alpha value is -4.99. The van der Waals surface area contributed by atoms with Gasteiger partial charge in [-0.1, -0.05) is 18.2 Å². The minimum absolute atomic E-state index is 0.0516. The summed E-state index contributed by atoms with van der Waals surface area (Å²) in [6.07, 6.45) is 2.14. The van der Waals surface area contributed by atoms with Crippen LogP contribution in [0.1, 0.15) is 22.7 Å². The van der Waals surface area contributed by atoms with Gasteiger partial charge in [-0.15, -0.1) is 0 Å². The van der Waals surface area contributed by atoms with Crippen molar-refractivity contribution in [2.45, 2.75) is 12.5 Å². The largest absolute Gasteiger partial charge is 0.507 e. The molecular weight excluding hydrogens is 493 g/mol. The van der Waals surface area contributed by atoms with Crippen LogP contribution < -0.4 is 4.74 Å². The molecule has 0 saturated carbocycles. The molecule has 1 atom stereocenters. The van der Waals surface area contributed by atoms with Crippen LogP contribution in [0.5, 0.6) is 5.75 Å². The summed E-state index contributed by atoms with van der Waals surface area (Å²) in [5.41, 5.74) is 1.39. The van der Waals surface area contributed by atoms with Crippen molar-refractivity contribution in [3.63, 3.8) is 0 Å². The average molecular weight is 515 g/mol. The maximum absolute atomic E-state index is 15.0. The number of nitrogens with zero attached hydrogens (tertiary/aromatic N) is 2. The Morgan fingerprint density at radius 2 is 1.87 bits per heavy atom. The number of benzene rings is 3. The van der Waals surface area contributed by atoms with Crippen LogP contribution >= 0.6 is 0 Å². The van der Waals surface area contributed by atoms with E-state index >= 15 is 4.39 Å². The number of rotatable bonds is 7. The molecule has 1 aliphatic heterocycles. The lowest BCUT2D eigenvalue weighted by Crippen LogP contribution is -2.32. The number of fused-ring (bicyclic) bond motifs is 1. The third-order valence-corrected chi connectivity index (χ3v) is 6.69. The molecule has 10 heteroatoms. The zero-order chi connectivity index (χ0) is 27.0. The van der Waals surface area contributed by atoms with E-state index < -0.39 is 34.2 Å². The van der Waals surface area contributed by atoms with E-state index in [-0.39, 0.29) is 28.9 Å². The number of likely N-dealkylation sites (tertiary alicyclic amines) is 1. The standard InChI is InChI=1S/C28H22FN3O6/c1-38-19-10-11-23-21(14-19)17(15-30-23)12-13-31-25(20-4-2-3-5-22(20)29)24(27(34)28(31)35)26(33)16-6-8-18(9-7-16)32(36)37/h2-11,14-15,25,30,33H,12-13H2,1H3/b26-24-. The molecule has 0 spiro atoms. The van der Waals surface area contributed by atoms with E-state index in [4.69, 9.17) is 4.74 Å². The molecule has 1 saturated heterocycles. The molecule has 3 aromatic carbocycles. The number of ketones is 1. The highest BCUT2D eigenvalue weighted by Crippen LogP contribution is 2.40. The number of nitro benzene ring substituents is 1. The van der Waals surface area contributed by atoms with E-state index in [0.29, 0.717) is 12.2 Å². The predicted molar refractivity (Wildman–Crippen MR) is 137 cm³/mol. The number of methoxy groups -OCH3 is 1. The monoisotopic (exact) mass is 515 g/mol. The van der Waals surface area contributed by atoms with Gasteiger partial charge in [0.15, 0.2) is 0 Å². The van der Waals surface area contributed by atoms with Crippen LogP contribution in [0.25, 0.3) is 16.7 Å². The number of nitrogens with one attached hydrogen (secondary N) is 1. The first-order valence-corrected chi connectivity index (χ1v) is 11.7. The number of aromatic nitrogens is 1. The summed E-state index contributed by atoms with van der Waals surface area (Å²) in [6.45, 7) is 0.0603. The maximum Gasteiger partial charge on any atom is 0.295 e. The lowest BCUT2D eigenvalue weighted by atomic mass is 9.94. The number of hydrogen-bond donors (Lipinski definition) is 2. The van der Waals surface area contributed by atoms with Gasteiger partial charge in [-0.3, -0.25) is 19.7 Å². The van der Waals surface area contributed by atoms with Gasteiger partial charge in [-0.05, 0) is 48.4 Å². The number of carbonyl (C=O) groups is 2. The second-order valence-corrected chi connectivity index (χ2v) is 8.79. The zero-order valence-corrected chi connectivity index (χ0v) is 20.2. The Kier molecular flexibility index (Phi) is 6.38. The number of Topliss-reactive ketones (excluding diaryl/α,β-unsaturated/α-hetero) is 1. The summed E-state index contributed by atoms with van der Waals surface area (Å²) >= 11 is 0. The molecule has 0 radical (unpaired) electrons. The van der Waals surface area contributed by atoms with Crippen LogP contribution in [0.3, 0.4) is 0 Å². The van der Waals surface area contributed by atoms with Crippen LogP contribution in [0.15, 0.2) is 78.5 Å². The Labute approximate surface area is 215 Å². The van der Waals surface area contributed by atoms with Crippen molar-refractivity contribution in [2.24, 2.45) is 0 Å². The summed E-state index contributed by atoms with van der Waals surface area (Å²) in [7, 11) is 1.56. The van der Waals surface area contributed by atoms with E-state index in [2.05, 4.69) is 4.98 Å². The van der Waals surface area contributed by atoms with Crippen molar-refractivity contribution in [1.82, 2.24) is 9.88 Å². The molecule has 2 N–H and O–H groups in total. The Balaban J connectivity index is 1.56. The third kappa shape index (κ3) is 4.26. The number of non-ortho nitro benzene ring substituents is 1. The van der Waals surface area contributed by atoms with Crippen molar-refractivity contribution in [1.29, 1.82) is 0 Å². The number of carbonyl (C=O) groups excluding carboxylic acids is 2. The van der Waals surface area contributed by atoms with Crippen molar-refractivity contribution in [3.05, 3.63) is 111 Å². The van der Waals surface area contributed by atoms with Gasteiger partial charge in [-0.2, -0.15) is 0 Å². The topological polar surface area (TPSA) is 126 Å². The van der Waals surface area contributed by atoms with Gasteiger partial charge in [0, 0.05) is 46.9 Å². The molecule has 1 fully saturated rings. The molecular formula is C28H22FN3O6. The van der Waals surface area contributed by atoms with E-state index in [1.54, 1.807) is 19.4 Å². The molecule has 5 rings (SSSR count). The van der Waals surface area contributed by atoms with Crippen LogP contribution in [0, 0.1) is 15.9 Å². The summed E-state index contributed by atoms with van der Waals surface area (Å²) in [5, 5.41) is 23.0. The molecule has 1 unspecified atom stereocenters. The summed E-state index contributed by atoms with van der Waals surface area (Å²) < 4.78 is 20.3. The number of aromatic amines is 1. The number of H-pyrrole nitrogens is 1. The van der Waals surface area contributed by atoms with Gasteiger partial charge >= 0.3 is 0 Å². The van der Waals surface area contributed by atoms with Crippen molar-refractivity contribution < 1.29 is 28.7 Å². The summed E-state index contributed by atoms with van der Waals surface area (Å²) in [5.74, 6) is -2.36. The lowest BCUT2D eigenvalue weighted by molar-refractivity contribution is -0.384. The highest BCUT2D eigenvalue weighted by molar-refractivity contribution is 6.46. The number of aliphatic hydroxyl groups is 1. The molecule has 1 aliphatic rings. The SMILES string of the molecule is COc1ccc2[nH]cc(CCN3C(=O)C(=O)/C(=C(\O)c4ccc([N+](=O)[O-])cc4)C3c3ccccc3F)c2c1. The van der Waals surface area contributed by atoms with Gasteiger partial charge in [-0.25, -0.2) is 4.39 Å². The third-order valence-electron chi connectivity index (χ3n) is 6.69. The first kappa shape index (κ1) is 24.7. The van der Waals surface area contributed by atoms with E-state index in [0.717, 1.165) is 16.5 Å². The highest BCUT2D eigenvalue weighted by Gasteiger charge is 2.46. The van der Waals surface area contributed by atoms with E-state index in [1.165, 1.54) is 47.4 Å². The lowest BCUT2D eigenvalue weighted by Gasteiger charge is -2.25. The van der Waals surface area contributed by atoms with Gasteiger partial charge in [0.05, 0.1) is 23.6 Å². The number of nitro groups is 1. The number of ether oxygens (including phenoxy) is 1. The molecule has 4 aromatic rings. The highest BCUT2D eigenvalue weighted by atomic mass is 19.1. The quantitative estimate of drug-likeness (QED) is 0.119. The molecule has 2 heterocycles. The van der Waals surface area contributed by atoms with Crippen molar-refractivity contribution in [3.8, 4) is 5.75 Å². The summed E-state index contributed by atoms with van der Waals surface area (Å²) in [4.78, 5) is 41.2. The Morgan fingerprint density at radius 3 is 2.55 bits per heavy atom. The molecule has 0 bridgehead atoms. The Morgan fingerprint density at radius 1 is 1.13 bits per heavy atom. The van der Waals surface area contributed by atoms with Crippen LogP contribution in [-0.2, 0) is 16.0 Å². The fourth-order valence-corrected chi connectivity index (χ4v) is 4.76. The summed E-state index contributed by atoms with van der Waals surface area (Å²) in [6, 6.07) is 15.0. The molecule has 1 amide bonds.